The summed E-state index contributed by atoms with van der Waals surface area (Å²) in [7, 11) is -2.37. The second kappa shape index (κ2) is 11.3. The predicted molar refractivity (Wildman–Crippen MR) is 137 cm³/mol. The fourth-order valence-corrected chi connectivity index (χ4v) is 6.52. The van der Waals surface area contributed by atoms with E-state index < -0.39 is 22.0 Å². The summed E-state index contributed by atoms with van der Waals surface area (Å²) >= 11 is 0. The summed E-state index contributed by atoms with van der Waals surface area (Å²) < 4.78 is 31.7. The molecule has 0 bridgehead atoms. The third kappa shape index (κ3) is 5.79. The molecule has 4 rings (SSSR count). The lowest BCUT2D eigenvalue weighted by atomic mass is 10.1. The maximum absolute atomic E-state index is 13.4. The molecule has 198 valence electrons. The van der Waals surface area contributed by atoms with Gasteiger partial charge in [0.05, 0.1) is 12.7 Å². The number of sulfonamides is 1. The molecule has 2 aromatic carbocycles. The van der Waals surface area contributed by atoms with Crippen molar-refractivity contribution >= 4 is 27.7 Å². The van der Waals surface area contributed by atoms with Crippen LogP contribution in [0, 0.1) is 0 Å². The molecule has 0 unspecified atom stereocenters. The zero-order valence-electron chi connectivity index (χ0n) is 21.2. The minimum Gasteiger partial charge on any atom is -0.497 e. The highest BCUT2D eigenvalue weighted by Gasteiger charge is 2.40. The maximum Gasteiger partial charge on any atom is 0.269 e. The molecule has 1 atom stereocenters. The fourth-order valence-electron chi connectivity index (χ4n) is 4.91. The van der Waals surface area contributed by atoms with E-state index in [0.29, 0.717) is 5.75 Å². The average molecular weight is 528 g/mol. The molecule has 0 saturated heterocycles. The maximum atomic E-state index is 13.4. The van der Waals surface area contributed by atoms with E-state index in [1.807, 2.05) is 18.2 Å². The van der Waals surface area contributed by atoms with E-state index in [1.54, 1.807) is 32.2 Å². The Hall–Kier alpha value is -3.40. The van der Waals surface area contributed by atoms with Gasteiger partial charge in [-0.05, 0) is 56.0 Å². The summed E-state index contributed by atoms with van der Waals surface area (Å²) in [6.45, 7) is 1.78. The molecule has 0 spiro atoms. The van der Waals surface area contributed by atoms with E-state index in [0.717, 1.165) is 35.6 Å². The van der Waals surface area contributed by atoms with E-state index in [4.69, 9.17) is 4.74 Å². The Labute approximate surface area is 217 Å². The van der Waals surface area contributed by atoms with Gasteiger partial charge in [0.2, 0.25) is 11.8 Å². The van der Waals surface area contributed by atoms with Gasteiger partial charge in [-0.1, -0.05) is 37.1 Å². The SMILES string of the molecule is COc1cccc(CN(C(=O)CCCN2C(=O)c3ccccc3S2(=O)=O)[C@H](C)C(=O)NC2CCCC2)c1. The first-order valence-electron chi connectivity index (χ1n) is 12.6. The number of nitrogens with zero attached hydrogens (tertiary/aromatic N) is 2. The van der Waals surface area contributed by atoms with E-state index in [-0.39, 0.29) is 54.2 Å². The first-order chi connectivity index (χ1) is 17.7. The van der Waals surface area contributed by atoms with Gasteiger partial charge in [0.1, 0.15) is 16.7 Å². The van der Waals surface area contributed by atoms with Crippen LogP contribution in [-0.4, -0.2) is 61.1 Å². The van der Waals surface area contributed by atoms with Crippen molar-refractivity contribution in [2.24, 2.45) is 0 Å². The molecule has 0 aromatic heterocycles. The minimum absolute atomic E-state index is 0.0109. The predicted octanol–water partition coefficient (Wildman–Crippen LogP) is 3.10. The highest BCUT2D eigenvalue weighted by atomic mass is 32.2. The van der Waals surface area contributed by atoms with E-state index in [1.165, 1.54) is 17.0 Å². The fraction of sp³-hybridized carbons (Fsp3) is 0.444. The van der Waals surface area contributed by atoms with E-state index in [2.05, 4.69) is 5.32 Å². The molecule has 10 heteroatoms. The van der Waals surface area contributed by atoms with Crippen LogP contribution in [0.3, 0.4) is 0 Å². The number of benzene rings is 2. The second-order valence-corrected chi connectivity index (χ2v) is 11.4. The first-order valence-corrected chi connectivity index (χ1v) is 14.0. The molecule has 2 aliphatic rings. The van der Waals surface area contributed by atoms with E-state index >= 15 is 0 Å². The smallest absolute Gasteiger partial charge is 0.269 e. The van der Waals surface area contributed by atoms with Crippen molar-refractivity contribution in [3.8, 4) is 5.75 Å². The molecular formula is C27H33N3O6S. The minimum atomic E-state index is -3.93. The zero-order valence-corrected chi connectivity index (χ0v) is 22.0. The topological polar surface area (TPSA) is 113 Å². The summed E-state index contributed by atoms with van der Waals surface area (Å²) in [5.41, 5.74) is 0.951. The molecular weight excluding hydrogens is 494 g/mol. The summed E-state index contributed by atoms with van der Waals surface area (Å²) in [5, 5.41) is 3.06. The Kier molecular flexibility index (Phi) is 8.16. The van der Waals surface area contributed by atoms with Crippen molar-refractivity contribution < 1.29 is 27.5 Å². The molecule has 9 nitrogen and oxygen atoms in total. The van der Waals surface area contributed by atoms with Crippen molar-refractivity contribution in [3.63, 3.8) is 0 Å². The summed E-state index contributed by atoms with van der Waals surface area (Å²) in [6.07, 6.45) is 4.15. The van der Waals surface area contributed by atoms with Crippen LogP contribution >= 0.6 is 0 Å². The highest BCUT2D eigenvalue weighted by molar-refractivity contribution is 7.90. The number of amides is 3. The number of hydrogen-bond donors (Lipinski definition) is 1. The van der Waals surface area contributed by atoms with Gasteiger partial charge in [-0.25, -0.2) is 12.7 Å². The van der Waals surface area contributed by atoms with Gasteiger partial charge < -0.3 is 15.0 Å². The first kappa shape index (κ1) is 26.7. The Morgan fingerprint density at radius 3 is 2.57 bits per heavy atom. The van der Waals surface area contributed by atoms with Crippen molar-refractivity contribution in [1.29, 1.82) is 0 Å². The Morgan fingerprint density at radius 2 is 1.86 bits per heavy atom. The third-order valence-electron chi connectivity index (χ3n) is 7.02. The summed E-state index contributed by atoms with van der Waals surface area (Å²) in [5.74, 6) is -0.444. The molecule has 1 N–H and O–H groups in total. The van der Waals surface area contributed by atoms with Crippen LogP contribution in [0.25, 0.3) is 0 Å². The van der Waals surface area contributed by atoms with Crippen LogP contribution in [0.4, 0.5) is 0 Å². The van der Waals surface area contributed by atoms with Crippen LogP contribution in [0.15, 0.2) is 53.4 Å². The molecule has 3 amide bonds. The normalized spacial score (nSPS) is 17.4. The van der Waals surface area contributed by atoms with Crippen molar-refractivity contribution in [2.75, 3.05) is 13.7 Å². The van der Waals surface area contributed by atoms with Crippen molar-refractivity contribution in [1.82, 2.24) is 14.5 Å². The van der Waals surface area contributed by atoms with Gasteiger partial charge in [-0.2, -0.15) is 0 Å². The Balaban J connectivity index is 1.45. The van der Waals surface area contributed by atoms with Crippen LogP contribution in [0.1, 0.15) is 61.4 Å². The summed E-state index contributed by atoms with van der Waals surface area (Å²) in [6, 6.07) is 12.8. The molecule has 1 fully saturated rings. The van der Waals surface area contributed by atoms with Crippen LogP contribution in [-0.2, 0) is 26.2 Å². The number of carbonyl (C=O) groups is 3. The lowest BCUT2D eigenvalue weighted by Crippen LogP contribution is -2.49. The van der Waals surface area contributed by atoms with E-state index in [9.17, 15) is 22.8 Å². The van der Waals surface area contributed by atoms with Crippen molar-refractivity contribution in [2.45, 2.75) is 69.0 Å². The summed E-state index contributed by atoms with van der Waals surface area (Å²) in [4.78, 5) is 40.6. The molecule has 37 heavy (non-hydrogen) atoms. The van der Waals surface area contributed by atoms with Crippen LogP contribution in [0.5, 0.6) is 5.75 Å². The molecule has 1 aliphatic carbocycles. The average Bonchev–Trinajstić information content (AvgIpc) is 3.47. The number of ether oxygens (including phenoxy) is 1. The number of methoxy groups -OCH3 is 1. The van der Waals surface area contributed by atoms with Gasteiger partial charge in [0.15, 0.2) is 0 Å². The number of carbonyl (C=O) groups excluding carboxylic acids is 3. The van der Waals surface area contributed by atoms with Gasteiger partial charge in [-0.15, -0.1) is 0 Å². The largest absolute Gasteiger partial charge is 0.497 e. The Bertz CT molecular complexity index is 1270. The van der Waals surface area contributed by atoms with Crippen molar-refractivity contribution in [3.05, 3.63) is 59.7 Å². The Morgan fingerprint density at radius 1 is 1.14 bits per heavy atom. The van der Waals surface area contributed by atoms with Gasteiger partial charge in [0.25, 0.3) is 15.9 Å². The quantitative estimate of drug-likeness (QED) is 0.508. The molecule has 0 radical (unpaired) electrons. The number of rotatable bonds is 10. The standard InChI is InChI=1S/C27H33N3O6S/c1-19(26(32)28-21-10-3-4-11-21)29(18-20-9-7-12-22(17-20)36-2)25(31)15-8-16-30-27(33)23-13-5-6-14-24(23)37(30,34)35/h5-7,9,12-14,17,19,21H,3-4,8,10-11,15-16,18H2,1-2H3,(H,28,32)/t19-/m1/s1. The lowest BCUT2D eigenvalue weighted by molar-refractivity contribution is -0.141. The monoisotopic (exact) mass is 527 g/mol. The van der Waals surface area contributed by atoms with Gasteiger partial charge >= 0.3 is 0 Å². The lowest BCUT2D eigenvalue weighted by Gasteiger charge is -2.30. The zero-order chi connectivity index (χ0) is 26.6. The van der Waals surface area contributed by atoms with Crippen LogP contribution < -0.4 is 10.1 Å². The molecule has 1 heterocycles. The molecule has 1 saturated carbocycles. The van der Waals surface area contributed by atoms with Crippen LogP contribution in [0.2, 0.25) is 0 Å². The van der Waals surface area contributed by atoms with Gasteiger partial charge in [0, 0.05) is 25.6 Å². The second-order valence-electron chi connectivity index (χ2n) is 9.52. The van der Waals surface area contributed by atoms with Gasteiger partial charge in [-0.3, -0.25) is 14.4 Å². The number of fused-ring (bicyclic) bond motifs is 1. The molecule has 2 aromatic rings. The number of nitrogens with one attached hydrogen (secondary N) is 1. The number of hydrogen-bond acceptors (Lipinski definition) is 6. The molecule has 1 aliphatic heterocycles. The third-order valence-corrected chi connectivity index (χ3v) is 8.86. The highest BCUT2D eigenvalue weighted by Crippen LogP contribution is 2.30.